The van der Waals surface area contributed by atoms with Crippen LogP contribution in [-0.4, -0.2) is 35.1 Å². The van der Waals surface area contributed by atoms with Crippen molar-refractivity contribution in [3.05, 3.63) is 38.3 Å². The molecule has 1 heterocycles. The van der Waals surface area contributed by atoms with Crippen molar-refractivity contribution in [2.45, 2.75) is 13.0 Å². The Morgan fingerprint density at radius 3 is 2.84 bits per heavy atom. The number of fused-ring (bicyclic) bond motifs is 1. The van der Waals surface area contributed by atoms with Crippen molar-refractivity contribution in [3.8, 4) is 0 Å². The third-order valence-electron chi connectivity index (χ3n) is 2.93. The highest BCUT2D eigenvalue weighted by Crippen LogP contribution is 2.14. The molecule has 19 heavy (non-hydrogen) atoms. The number of rotatable bonds is 4. The molecule has 0 aliphatic carbocycles. The van der Waals surface area contributed by atoms with Crippen molar-refractivity contribution in [1.82, 2.24) is 14.5 Å². The number of aromatic amines is 1. The van der Waals surface area contributed by atoms with E-state index in [0.29, 0.717) is 21.7 Å². The second-order valence-corrected chi connectivity index (χ2v) is 5.56. The minimum absolute atomic E-state index is 0.0833. The summed E-state index contributed by atoms with van der Waals surface area (Å²) in [5.41, 5.74) is 0.642. The summed E-state index contributed by atoms with van der Waals surface area (Å²) < 4.78 is 2.05. The Balaban J connectivity index is 2.44. The molecular weight excluding hydrogens is 282 g/mol. The fourth-order valence-corrected chi connectivity index (χ4v) is 2.43. The number of hydrogen-bond donors (Lipinski definition) is 1. The van der Waals surface area contributed by atoms with Gasteiger partial charge in [-0.2, -0.15) is 0 Å². The molecule has 0 spiro atoms. The highest BCUT2D eigenvalue weighted by Gasteiger charge is 2.06. The predicted molar refractivity (Wildman–Crippen MR) is 81.6 cm³/mol. The van der Waals surface area contributed by atoms with E-state index in [1.54, 1.807) is 22.8 Å². The lowest BCUT2D eigenvalue weighted by Gasteiger charge is -2.11. The van der Waals surface area contributed by atoms with Crippen molar-refractivity contribution in [3.63, 3.8) is 0 Å². The van der Waals surface area contributed by atoms with Gasteiger partial charge in [-0.05, 0) is 57.5 Å². The quantitative estimate of drug-likeness (QED) is 0.882. The van der Waals surface area contributed by atoms with Crippen LogP contribution in [-0.2, 0) is 6.54 Å². The van der Waals surface area contributed by atoms with E-state index in [-0.39, 0.29) is 5.56 Å². The summed E-state index contributed by atoms with van der Waals surface area (Å²) in [6.07, 6.45) is 0.871. The van der Waals surface area contributed by atoms with Crippen molar-refractivity contribution in [2.75, 3.05) is 20.6 Å². The molecule has 1 N–H and O–H groups in total. The van der Waals surface area contributed by atoms with Crippen molar-refractivity contribution >= 4 is 34.7 Å². The summed E-state index contributed by atoms with van der Waals surface area (Å²) in [5.74, 6) is 0. The van der Waals surface area contributed by atoms with Crippen LogP contribution in [0.25, 0.3) is 10.9 Å². The third-order valence-corrected chi connectivity index (χ3v) is 3.49. The van der Waals surface area contributed by atoms with Gasteiger partial charge in [0.05, 0.1) is 10.9 Å². The standard InChI is InChI=1S/C13H16ClN3OS/c1-16(2)6-3-7-17-12(18)10-8-9(14)4-5-11(10)15-13(17)19/h4-5,8H,3,6-7H2,1-2H3,(H,15,19). The van der Waals surface area contributed by atoms with E-state index in [4.69, 9.17) is 23.8 Å². The first kappa shape index (κ1) is 14.2. The molecular formula is C13H16ClN3OS. The van der Waals surface area contributed by atoms with Crippen LogP contribution in [0.3, 0.4) is 0 Å². The van der Waals surface area contributed by atoms with E-state index < -0.39 is 0 Å². The molecule has 0 saturated carbocycles. The summed E-state index contributed by atoms with van der Waals surface area (Å²) in [6.45, 7) is 1.52. The molecule has 0 radical (unpaired) electrons. The fraction of sp³-hybridized carbons (Fsp3) is 0.385. The van der Waals surface area contributed by atoms with Gasteiger partial charge in [-0.1, -0.05) is 11.6 Å². The van der Waals surface area contributed by atoms with Crippen LogP contribution in [0.15, 0.2) is 23.0 Å². The SMILES string of the molecule is CN(C)CCCn1c(=S)[nH]c2ccc(Cl)cc2c1=O. The number of nitrogens with zero attached hydrogens (tertiary/aromatic N) is 2. The topological polar surface area (TPSA) is 41.0 Å². The maximum atomic E-state index is 12.4. The summed E-state index contributed by atoms with van der Waals surface area (Å²) in [4.78, 5) is 17.5. The van der Waals surface area contributed by atoms with E-state index in [1.165, 1.54) is 0 Å². The molecule has 6 heteroatoms. The summed E-state index contributed by atoms with van der Waals surface area (Å²) in [6, 6.07) is 5.19. The number of hydrogen-bond acceptors (Lipinski definition) is 3. The minimum atomic E-state index is -0.0833. The molecule has 0 atom stereocenters. The first-order valence-corrected chi connectivity index (χ1v) is 6.85. The third kappa shape index (κ3) is 3.23. The Morgan fingerprint density at radius 2 is 2.16 bits per heavy atom. The molecule has 0 fully saturated rings. The Kier molecular flexibility index (Phi) is 4.39. The molecule has 0 unspecified atom stereocenters. The van der Waals surface area contributed by atoms with Crippen molar-refractivity contribution in [2.24, 2.45) is 0 Å². The number of nitrogens with one attached hydrogen (secondary N) is 1. The number of H-pyrrole nitrogens is 1. The highest BCUT2D eigenvalue weighted by molar-refractivity contribution is 7.71. The molecule has 2 aromatic rings. The largest absolute Gasteiger partial charge is 0.332 e. The van der Waals surface area contributed by atoms with Crippen molar-refractivity contribution < 1.29 is 0 Å². The normalized spacial score (nSPS) is 11.4. The van der Waals surface area contributed by atoms with Gasteiger partial charge >= 0.3 is 0 Å². The van der Waals surface area contributed by atoms with Crippen LogP contribution >= 0.6 is 23.8 Å². The van der Waals surface area contributed by atoms with E-state index in [2.05, 4.69) is 9.88 Å². The van der Waals surface area contributed by atoms with E-state index in [0.717, 1.165) is 18.5 Å². The zero-order chi connectivity index (χ0) is 14.0. The average Bonchev–Trinajstić information content (AvgIpc) is 2.34. The number of halogens is 1. The van der Waals surface area contributed by atoms with Crippen LogP contribution in [0.2, 0.25) is 5.02 Å². The highest BCUT2D eigenvalue weighted by atomic mass is 35.5. The number of benzene rings is 1. The Morgan fingerprint density at radius 1 is 1.42 bits per heavy atom. The molecule has 102 valence electrons. The monoisotopic (exact) mass is 297 g/mol. The van der Waals surface area contributed by atoms with Crippen LogP contribution in [0, 0.1) is 4.77 Å². The Hall–Kier alpha value is -1.17. The molecule has 0 bridgehead atoms. The molecule has 2 rings (SSSR count). The zero-order valence-electron chi connectivity index (χ0n) is 10.9. The van der Waals surface area contributed by atoms with Crippen LogP contribution in [0.1, 0.15) is 6.42 Å². The van der Waals surface area contributed by atoms with E-state index in [9.17, 15) is 4.79 Å². The second kappa shape index (κ2) is 5.86. The average molecular weight is 298 g/mol. The van der Waals surface area contributed by atoms with E-state index in [1.807, 2.05) is 14.1 Å². The number of aromatic nitrogens is 2. The first-order valence-electron chi connectivity index (χ1n) is 6.06. The summed E-state index contributed by atoms with van der Waals surface area (Å²) >= 11 is 11.2. The first-order chi connectivity index (χ1) is 8.99. The van der Waals surface area contributed by atoms with Gasteiger partial charge in [0.25, 0.3) is 5.56 Å². The lowest BCUT2D eigenvalue weighted by Crippen LogP contribution is -2.24. The zero-order valence-corrected chi connectivity index (χ0v) is 12.5. The molecule has 1 aromatic heterocycles. The molecule has 0 aliphatic heterocycles. The molecule has 1 aromatic carbocycles. The Labute approximate surface area is 121 Å². The molecule has 0 saturated heterocycles. The van der Waals surface area contributed by atoms with Gasteiger partial charge in [0, 0.05) is 11.6 Å². The lowest BCUT2D eigenvalue weighted by molar-refractivity contribution is 0.384. The van der Waals surface area contributed by atoms with Gasteiger partial charge in [0.15, 0.2) is 4.77 Å². The van der Waals surface area contributed by atoms with Crippen LogP contribution in [0.4, 0.5) is 0 Å². The van der Waals surface area contributed by atoms with Gasteiger partial charge in [0.2, 0.25) is 0 Å². The van der Waals surface area contributed by atoms with Gasteiger partial charge in [-0.25, -0.2) is 0 Å². The predicted octanol–water partition coefficient (Wildman–Crippen LogP) is 2.66. The van der Waals surface area contributed by atoms with Gasteiger partial charge < -0.3 is 9.88 Å². The maximum absolute atomic E-state index is 12.4. The van der Waals surface area contributed by atoms with Crippen LogP contribution < -0.4 is 5.56 Å². The van der Waals surface area contributed by atoms with Gasteiger partial charge in [-0.15, -0.1) is 0 Å². The smallest absolute Gasteiger partial charge is 0.262 e. The molecule has 0 aliphatic rings. The summed E-state index contributed by atoms with van der Waals surface area (Å²) in [7, 11) is 4.01. The van der Waals surface area contributed by atoms with E-state index >= 15 is 0 Å². The minimum Gasteiger partial charge on any atom is -0.332 e. The fourth-order valence-electron chi connectivity index (χ4n) is 1.97. The lowest BCUT2D eigenvalue weighted by atomic mass is 10.2. The molecule has 4 nitrogen and oxygen atoms in total. The van der Waals surface area contributed by atoms with Gasteiger partial charge in [0.1, 0.15) is 0 Å². The maximum Gasteiger partial charge on any atom is 0.262 e. The Bertz CT molecular complexity index is 705. The van der Waals surface area contributed by atoms with Crippen LogP contribution in [0.5, 0.6) is 0 Å². The molecule has 0 amide bonds. The summed E-state index contributed by atoms with van der Waals surface area (Å²) in [5, 5.41) is 1.13. The second-order valence-electron chi connectivity index (χ2n) is 4.73. The van der Waals surface area contributed by atoms with Gasteiger partial charge in [-0.3, -0.25) is 9.36 Å². The van der Waals surface area contributed by atoms with Crippen molar-refractivity contribution in [1.29, 1.82) is 0 Å².